The van der Waals surface area contributed by atoms with E-state index < -0.39 is 5.41 Å². The first kappa shape index (κ1) is 13.3. The minimum Gasteiger partial charge on any atom is -0.474 e. The molecule has 0 saturated heterocycles. The largest absolute Gasteiger partial charge is 0.474 e. The minimum atomic E-state index is -0.458. The third-order valence-electron chi connectivity index (χ3n) is 2.78. The van der Waals surface area contributed by atoms with Crippen LogP contribution in [-0.2, 0) is 4.79 Å². The van der Waals surface area contributed by atoms with E-state index in [0.717, 1.165) is 0 Å². The Kier molecular flexibility index (Phi) is 3.42. The minimum absolute atomic E-state index is 0.0300. The van der Waals surface area contributed by atoms with Gasteiger partial charge < -0.3 is 14.8 Å². The molecule has 0 unspecified atom stereocenters. The number of carbonyl (C=O) groups is 1. The number of ether oxygens (including phenoxy) is 1. The lowest BCUT2D eigenvalue weighted by molar-refractivity contribution is -0.126. The van der Waals surface area contributed by atoms with Crippen molar-refractivity contribution >= 4 is 17.8 Å². The van der Waals surface area contributed by atoms with Gasteiger partial charge in [-0.2, -0.15) is 0 Å². The number of pyridine rings is 1. The fraction of sp³-hybridized carbons (Fsp3) is 0.462. The molecular weight excluding hydrogens is 246 g/mol. The van der Waals surface area contributed by atoms with E-state index in [-0.39, 0.29) is 5.91 Å². The summed E-state index contributed by atoms with van der Waals surface area (Å²) in [5, 5.41) is 11.4. The summed E-state index contributed by atoms with van der Waals surface area (Å²) in [6.45, 7) is 6.56. The van der Waals surface area contributed by atoms with Gasteiger partial charge in [-0.05, 0) is 12.1 Å². The predicted molar refractivity (Wildman–Crippen MR) is 70.9 cm³/mol. The highest BCUT2D eigenvalue weighted by atomic mass is 16.5. The van der Waals surface area contributed by atoms with Crippen LogP contribution in [0.1, 0.15) is 26.5 Å². The van der Waals surface area contributed by atoms with Gasteiger partial charge in [0.05, 0.1) is 18.5 Å². The molecule has 0 fully saturated rings. The Balaban J connectivity index is 2.37. The summed E-state index contributed by atoms with van der Waals surface area (Å²) in [7, 11) is 0. The van der Waals surface area contributed by atoms with E-state index in [1.807, 2.05) is 20.8 Å². The van der Waals surface area contributed by atoms with Crippen molar-refractivity contribution in [3.05, 3.63) is 17.8 Å². The molecule has 1 aliphatic rings. The van der Waals surface area contributed by atoms with Crippen molar-refractivity contribution in [2.75, 3.05) is 18.1 Å². The molecule has 1 aromatic rings. The van der Waals surface area contributed by atoms with Gasteiger partial charge in [-0.25, -0.2) is 4.98 Å². The van der Waals surface area contributed by atoms with Crippen LogP contribution in [0.5, 0.6) is 5.88 Å². The average Bonchev–Trinajstić information content (AvgIpc) is 2.36. The quantitative estimate of drug-likeness (QED) is 0.475. The normalized spacial score (nSPS) is 15.2. The van der Waals surface area contributed by atoms with E-state index in [0.29, 0.717) is 30.4 Å². The third kappa shape index (κ3) is 2.67. The number of fused-ring (bicyclic) bond motifs is 1. The first-order valence-corrected chi connectivity index (χ1v) is 6.07. The Morgan fingerprint density at radius 1 is 1.53 bits per heavy atom. The fourth-order valence-electron chi connectivity index (χ4n) is 1.86. The van der Waals surface area contributed by atoms with Crippen LogP contribution in [0.25, 0.3) is 0 Å². The summed E-state index contributed by atoms with van der Waals surface area (Å²) < 4.78 is 5.46. The molecule has 102 valence electrons. The van der Waals surface area contributed by atoms with Crippen LogP contribution in [0.2, 0.25) is 0 Å². The van der Waals surface area contributed by atoms with Crippen molar-refractivity contribution in [1.82, 2.24) is 4.98 Å². The number of carbonyl (C=O) groups excluding carboxylic acids is 1. The second kappa shape index (κ2) is 4.87. The molecule has 2 rings (SSSR count). The van der Waals surface area contributed by atoms with E-state index in [9.17, 15) is 4.79 Å². The fourth-order valence-corrected chi connectivity index (χ4v) is 1.86. The van der Waals surface area contributed by atoms with Gasteiger partial charge in [0, 0.05) is 5.41 Å². The Labute approximate surface area is 111 Å². The summed E-state index contributed by atoms with van der Waals surface area (Å²) >= 11 is 0. The zero-order valence-electron chi connectivity index (χ0n) is 11.3. The van der Waals surface area contributed by atoms with Crippen LogP contribution >= 0.6 is 0 Å². The van der Waals surface area contributed by atoms with Gasteiger partial charge in [0.15, 0.2) is 0 Å². The highest BCUT2D eigenvalue weighted by molar-refractivity contribution is 5.98. The second-order valence-electron chi connectivity index (χ2n) is 5.36. The standard InChI is InChI=1S/C13H17N3O3/c1-13(2,3)12(17)16-6-7-19-11-10(16)5-4-9(15-11)8-14-18/h4-5,8,18H,6-7H2,1-3H3/b14-8+. The molecule has 0 aliphatic carbocycles. The summed E-state index contributed by atoms with van der Waals surface area (Å²) in [5.74, 6) is 0.420. The van der Waals surface area contributed by atoms with Crippen molar-refractivity contribution in [2.24, 2.45) is 10.6 Å². The van der Waals surface area contributed by atoms with Crippen LogP contribution < -0.4 is 9.64 Å². The lowest BCUT2D eigenvalue weighted by Crippen LogP contribution is -2.44. The number of nitrogens with zero attached hydrogens (tertiary/aromatic N) is 3. The first-order valence-electron chi connectivity index (χ1n) is 6.07. The number of hydrogen-bond donors (Lipinski definition) is 1. The van der Waals surface area contributed by atoms with Crippen molar-refractivity contribution in [2.45, 2.75) is 20.8 Å². The first-order chi connectivity index (χ1) is 8.93. The van der Waals surface area contributed by atoms with Crippen LogP contribution in [0.4, 0.5) is 5.69 Å². The van der Waals surface area contributed by atoms with E-state index in [1.165, 1.54) is 6.21 Å². The van der Waals surface area contributed by atoms with Crippen molar-refractivity contribution < 1.29 is 14.7 Å². The Bertz CT molecular complexity index is 520. The highest BCUT2D eigenvalue weighted by Crippen LogP contribution is 2.32. The summed E-state index contributed by atoms with van der Waals surface area (Å²) in [4.78, 5) is 18.2. The molecular formula is C13H17N3O3. The zero-order valence-corrected chi connectivity index (χ0v) is 11.3. The molecule has 0 aromatic carbocycles. The average molecular weight is 263 g/mol. The van der Waals surface area contributed by atoms with Crippen molar-refractivity contribution in [3.63, 3.8) is 0 Å². The molecule has 0 radical (unpaired) electrons. The molecule has 6 heteroatoms. The molecule has 19 heavy (non-hydrogen) atoms. The van der Waals surface area contributed by atoms with E-state index in [4.69, 9.17) is 9.94 Å². The van der Waals surface area contributed by atoms with Crippen LogP contribution in [0.15, 0.2) is 17.3 Å². The van der Waals surface area contributed by atoms with E-state index in [2.05, 4.69) is 10.1 Å². The van der Waals surface area contributed by atoms with Gasteiger partial charge in [0.2, 0.25) is 11.8 Å². The van der Waals surface area contributed by atoms with Gasteiger partial charge >= 0.3 is 0 Å². The molecule has 1 N–H and O–H groups in total. The number of oxime groups is 1. The zero-order chi connectivity index (χ0) is 14.0. The number of anilines is 1. The molecule has 0 spiro atoms. The molecule has 0 saturated carbocycles. The van der Waals surface area contributed by atoms with Gasteiger partial charge in [-0.3, -0.25) is 4.79 Å². The van der Waals surface area contributed by atoms with E-state index >= 15 is 0 Å². The highest BCUT2D eigenvalue weighted by Gasteiger charge is 2.32. The monoisotopic (exact) mass is 263 g/mol. The number of amides is 1. The molecule has 1 amide bonds. The van der Waals surface area contributed by atoms with Crippen LogP contribution in [-0.4, -0.2) is 35.5 Å². The Hall–Kier alpha value is -2.11. The summed E-state index contributed by atoms with van der Waals surface area (Å²) in [5.41, 5.74) is 0.674. The molecule has 1 aliphatic heterocycles. The SMILES string of the molecule is CC(C)(C)C(=O)N1CCOc2nc(/C=N/O)ccc21. The van der Waals surface area contributed by atoms with Crippen LogP contribution in [0.3, 0.4) is 0 Å². The summed E-state index contributed by atoms with van der Waals surface area (Å²) in [6.07, 6.45) is 1.22. The van der Waals surface area contributed by atoms with Gasteiger partial charge in [-0.1, -0.05) is 25.9 Å². The predicted octanol–water partition coefficient (Wildman–Crippen LogP) is 1.66. The lowest BCUT2D eigenvalue weighted by Gasteiger charge is -2.33. The molecule has 2 heterocycles. The topological polar surface area (TPSA) is 75.0 Å². The van der Waals surface area contributed by atoms with Crippen LogP contribution in [0, 0.1) is 5.41 Å². The van der Waals surface area contributed by atoms with Gasteiger partial charge in [-0.15, -0.1) is 0 Å². The maximum absolute atomic E-state index is 12.4. The molecule has 0 bridgehead atoms. The Morgan fingerprint density at radius 3 is 2.89 bits per heavy atom. The number of rotatable bonds is 1. The van der Waals surface area contributed by atoms with E-state index in [1.54, 1.807) is 17.0 Å². The number of aromatic nitrogens is 1. The van der Waals surface area contributed by atoms with Gasteiger partial charge in [0.1, 0.15) is 12.3 Å². The Morgan fingerprint density at radius 2 is 2.26 bits per heavy atom. The third-order valence-corrected chi connectivity index (χ3v) is 2.78. The number of hydrogen-bond acceptors (Lipinski definition) is 5. The second-order valence-corrected chi connectivity index (χ2v) is 5.36. The smallest absolute Gasteiger partial charge is 0.238 e. The molecule has 6 nitrogen and oxygen atoms in total. The van der Waals surface area contributed by atoms with Gasteiger partial charge in [0.25, 0.3) is 0 Å². The lowest BCUT2D eigenvalue weighted by atomic mass is 9.94. The molecule has 0 atom stereocenters. The maximum atomic E-state index is 12.4. The van der Waals surface area contributed by atoms with Crippen molar-refractivity contribution in [3.8, 4) is 5.88 Å². The maximum Gasteiger partial charge on any atom is 0.238 e. The van der Waals surface area contributed by atoms with Crippen molar-refractivity contribution in [1.29, 1.82) is 0 Å². The molecule has 1 aromatic heterocycles. The summed E-state index contributed by atoms with van der Waals surface area (Å²) in [6, 6.07) is 3.43.